The molecule has 0 fully saturated rings. The highest BCUT2D eigenvalue weighted by atomic mass is 35.5. The smallest absolute Gasteiger partial charge is 0.220 e. The first-order valence-corrected chi connectivity index (χ1v) is 7.56. The topological polar surface area (TPSA) is 41.1 Å². The van der Waals surface area contributed by atoms with Crippen molar-refractivity contribution in [3.8, 4) is 0 Å². The van der Waals surface area contributed by atoms with Crippen molar-refractivity contribution in [3.63, 3.8) is 0 Å². The van der Waals surface area contributed by atoms with Crippen LogP contribution in [0.3, 0.4) is 0 Å². The zero-order valence-corrected chi connectivity index (χ0v) is 13.5. The third kappa shape index (κ3) is 9.03. The number of halogens is 1. The van der Waals surface area contributed by atoms with Gasteiger partial charge in [-0.25, -0.2) is 0 Å². The van der Waals surface area contributed by atoms with E-state index in [1.165, 1.54) is 9.75 Å². The van der Waals surface area contributed by atoms with Crippen LogP contribution in [0.1, 0.15) is 35.9 Å². The summed E-state index contributed by atoms with van der Waals surface area (Å²) < 4.78 is 0. The maximum atomic E-state index is 11.5. The first-order chi connectivity index (χ1) is 8.72. The Morgan fingerprint density at radius 1 is 1.26 bits per heavy atom. The van der Waals surface area contributed by atoms with E-state index in [-0.39, 0.29) is 18.3 Å². The molecule has 1 rings (SSSR count). The lowest BCUT2D eigenvalue weighted by Gasteiger charge is -2.05. The fourth-order valence-electron chi connectivity index (χ4n) is 1.72. The zero-order valence-electron chi connectivity index (χ0n) is 11.8. The molecular formula is C14H25ClN2OS. The van der Waals surface area contributed by atoms with Crippen LogP contribution < -0.4 is 10.6 Å². The van der Waals surface area contributed by atoms with Gasteiger partial charge in [-0.05, 0) is 44.9 Å². The van der Waals surface area contributed by atoms with Gasteiger partial charge in [-0.1, -0.05) is 6.92 Å². The Morgan fingerprint density at radius 2 is 2.05 bits per heavy atom. The molecule has 0 atom stereocenters. The van der Waals surface area contributed by atoms with Gasteiger partial charge < -0.3 is 10.6 Å². The summed E-state index contributed by atoms with van der Waals surface area (Å²) in [6.07, 6.45) is 3.72. The lowest BCUT2D eigenvalue weighted by Crippen LogP contribution is -2.31. The lowest BCUT2D eigenvalue weighted by molar-refractivity contribution is -0.121. The molecule has 3 nitrogen and oxygen atoms in total. The van der Waals surface area contributed by atoms with E-state index in [2.05, 4.69) is 36.6 Å². The number of rotatable bonds is 9. The van der Waals surface area contributed by atoms with Gasteiger partial charge in [0, 0.05) is 29.3 Å². The van der Waals surface area contributed by atoms with Gasteiger partial charge in [-0.2, -0.15) is 0 Å². The number of hydrogen-bond donors (Lipinski definition) is 2. The van der Waals surface area contributed by atoms with Gasteiger partial charge in [0.05, 0.1) is 0 Å². The summed E-state index contributed by atoms with van der Waals surface area (Å²) in [4.78, 5) is 14.3. The lowest BCUT2D eigenvalue weighted by atomic mass is 10.2. The fourth-order valence-corrected chi connectivity index (χ4v) is 2.66. The van der Waals surface area contributed by atoms with E-state index in [4.69, 9.17) is 0 Å². The highest BCUT2D eigenvalue weighted by Gasteiger charge is 2.02. The minimum atomic E-state index is 0. The van der Waals surface area contributed by atoms with Crippen LogP contribution >= 0.6 is 23.7 Å². The van der Waals surface area contributed by atoms with Crippen molar-refractivity contribution < 1.29 is 4.79 Å². The van der Waals surface area contributed by atoms with E-state index >= 15 is 0 Å². The number of carbonyl (C=O) groups is 1. The van der Waals surface area contributed by atoms with Crippen molar-refractivity contribution >= 4 is 29.7 Å². The largest absolute Gasteiger partial charge is 0.355 e. The summed E-state index contributed by atoms with van der Waals surface area (Å²) >= 11 is 1.82. The van der Waals surface area contributed by atoms with E-state index in [9.17, 15) is 4.79 Å². The number of nitrogens with one attached hydrogen (secondary N) is 2. The average molecular weight is 305 g/mol. The molecule has 0 saturated heterocycles. The third-order valence-electron chi connectivity index (χ3n) is 2.67. The SMILES string of the molecule is CCCNCCNC(=O)CCCc1ccc(C)s1.Cl. The second-order valence-corrected chi connectivity index (χ2v) is 5.84. The molecule has 0 aromatic carbocycles. The maximum absolute atomic E-state index is 11.5. The van der Waals surface area contributed by atoms with Crippen LogP contribution in [0.2, 0.25) is 0 Å². The minimum absolute atomic E-state index is 0. The van der Waals surface area contributed by atoms with Crippen molar-refractivity contribution in [3.05, 3.63) is 21.9 Å². The Morgan fingerprint density at radius 3 is 2.68 bits per heavy atom. The molecule has 0 aliphatic carbocycles. The predicted octanol–water partition coefficient (Wildman–Crippen LogP) is 2.92. The van der Waals surface area contributed by atoms with Gasteiger partial charge in [-0.15, -0.1) is 23.7 Å². The summed E-state index contributed by atoms with van der Waals surface area (Å²) in [6, 6.07) is 4.30. The van der Waals surface area contributed by atoms with Crippen LogP contribution in [0.25, 0.3) is 0 Å². The van der Waals surface area contributed by atoms with E-state index in [0.29, 0.717) is 6.42 Å². The van der Waals surface area contributed by atoms with E-state index in [1.54, 1.807) is 0 Å². The Labute approximate surface area is 126 Å². The molecule has 0 saturated carbocycles. The minimum Gasteiger partial charge on any atom is -0.355 e. The van der Waals surface area contributed by atoms with Gasteiger partial charge in [0.2, 0.25) is 5.91 Å². The number of amides is 1. The van der Waals surface area contributed by atoms with E-state index < -0.39 is 0 Å². The van der Waals surface area contributed by atoms with Gasteiger partial charge in [0.15, 0.2) is 0 Å². The predicted molar refractivity (Wildman–Crippen MR) is 85.4 cm³/mol. The molecule has 1 aromatic rings. The highest BCUT2D eigenvalue weighted by Crippen LogP contribution is 2.17. The average Bonchev–Trinajstić information content (AvgIpc) is 2.75. The van der Waals surface area contributed by atoms with Gasteiger partial charge in [-0.3, -0.25) is 4.79 Å². The molecule has 2 N–H and O–H groups in total. The molecule has 5 heteroatoms. The van der Waals surface area contributed by atoms with E-state index in [0.717, 1.165) is 38.9 Å². The standard InChI is InChI=1S/C14H24N2OS.ClH/c1-3-9-15-10-11-16-14(17)6-4-5-13-8-7-12(2)18-13;/h7-8,15H,3-6,9-11H2,1-2H3,(H,16,17);1H. The zero-order chi connectivity index (χ0) is 13.2. The fraction of sp³-hybridized carbons (Fsp3) is 0.643. The van der Waals surface area contributed by atoms with Crippen LogP contribution in [0.15, 0.2) is 12.1 Å². The Bertz CT molecular complexity index is 355. The summed E-state index contributed by atoms with van der Waals surface area (Å²) in [5.41, 5.74) is 0. The van der Waals surface area contributed by atoms with Crippen molar-refractivity contribution in [1.82, 2.24) is 10.6 Å². The van der Waals surface area contributed by atoms with Crippen LogP contribution in [0, 0.1) is 6.92 Å². The van der Waals surface area contributed by atoms with E-state index in [1.807, 2.05) is 11.3 Å². The first kappa shape index (κ1) is 18.4. The summed E-state index contributed by atoms with van der Waals surface area (Å²) in [5.74, 6) is 0.168. The monoisotopic (exact) mass is 304 g/mol. The molecule has 0 unspecified atom stereocenters. The quantitative estimate of drug-likeness (QED) is 0.689. The molecule has 19 heavy (non-hydrogen) atoms. The third-order valence-corrected chi connectivity index (χ3v) is 3.73. The second kappa shape index (κ2) is 11.3. The molecule has 110 valence electrons. The Hall–Kier alpha value is -0.580. The van der Waals surface area contributed by atoms with Crippen LogP contribution in [0.5, 0.6) is 0 Å². The second-order valence-electron chi connectivity index (χ2n) is 4.47. The molecule has 0 bridgehead atoms. The number of hydrogen-bond acceptors (Lipinski definition) is 3. The molecule has 0 radical (unpaired) electrons. The highest BCUT2D eigenvalue weighted by molar-refractivity contribution is 7.11. The van der Waals surface area contributed by atoms with Crippen molar-refractivity contribution in [2.24, 2.45) is 0 Å². The molecule has 0 aliphatic rings. The number of thiophene rings is 1. The van der Waals surface area contributed by atoms with Gasteiger partial charge >= 0.3 is 0 Å². The molecular weight excluding hydrogens is 280 g/mol. The normalized spacial score (nSPS) is 10.0. The van der Waals surface area contributed by atoms with Gasteiger partial charge in [0.1, 0.15) is 0 Å². The summed E-state index contributed by atoms with van der Waals surface area (Å²) in [5, 5.41) is 6.20. The molecule has 0 spiro atoms. The first-order valence-electron chi connectivity index (χ1n) is 6.75. The Kier molecular flexibility index (Phi) is 10.9. The molecule has 0 aliphatic heterocycles. The molecule has 1 heterocycles. The van der Waals surface area contributed by atoms with Crippen LogP contribution in [-0.2, 0) is 11.2 Å². The van der Waals surface area contributed by atoms with Crippen LogP contribution in [-0.4, -0.2) is 25.5 Å². The van der Waals surface area contributed by atoms with Crippen molar-refractivity contribution in [1.29, 1.82) is 0 Å². The number of carbonyl (C=O) groups excluding carboxylic acids is 1. The molecule has 1 amide bonds. The number of aryl methyl sites for hydroxylation is 2. The van der Waals surface area contributed by atoms with Crippen molar-refractivity contribution in [2.45, 2.75) is 39.5 Å². The van der Waals surface area contributed by atoms with Crippen molar-refractivity contribution in [2.75, 3.05) is 19.6 Å². The van der Waals surface area contributed by atoms with Crippen LogP contribution in [0.4, 0.5) is 0 Å². The molecule has 1 aromatic heterocycles. The summed E-state index contributed by atoms with van der Waals surface area (Å²) in [6.45, 7) is 6.87. The maximum Gasteiger partial charge on any atom is 0.220 e. The van der Waals surface area contributed by atoms with Gasteiger partial charge in [0.25, 0.3) is 0 Å². The summed E-state index contributed by atoms with van der Waals surface area (Å²) in [7, 11) is 0. The Balaban J connectivity index is 0.00000324.